The zero-order valence-electron chi connectivity index (χ0n) is 20.9. The molecule has 10 nitrogen and oxygen atoms in total. The number of aryl methyl sites for hydroxylation is 2. The minimum atomic E-state index is -0.217. The number of nitrogens with zero attached hydrogens (tertiary/aromatic N) is 5. The van der Waals surface area contributed by atoms with E-state index in [1.54, 1.807) is 7.11 Å². The predicted octanol–water partition coefficient (Wildman–Crippen LogP) is 3.64. The molecular weight excluding hydrogens is 510 g/mol. The van der Waals surface area contributed by atoms with E-state index in [9.17, 15) is 9.59 Å². The van der Waals surface area contributed by atoms with Crippen molar-refractivity contribution in [2.24, 2.45) is 0 Å². The molecule has 192 valence electrons. The highest BCUT2D eigenvalue weighted by atomic mass is 32.2. The molecule has 0 aliphatic carbocycles. The SMILES string of the molecule is COc1ccc(CC(=O)NCc2nnc(SCC(=O)Nc3nnc(C)s3)n2-c2cccc(C)c2C)cc1. The molecule has 2 heterocycles. The van der Waals surface area contributed by atoms with Crippen LogP contribution in [0.5, 0.6) is 5.75 Å². The molecule has 0 fully saturated rings. The van der Waals surface area contributed by atoms with E-state index in [1.165, 1.54) is 23.1 Å². The number of thioether (sulfide) groups is 1. The smallest absolute Gasteiger partial charge is 0.236 e. The van der Waals surface area contributed by atoms with Crippen molar-refractivity contribution in [1.29, 1.82) is 0 Å². The number of amides is 2. The first-order valence-corrected chi connectivity index (χ1v) is 13.3. The van der Waals surface area contributed by atoms with E-state index < -0.39 is 0 Å². The van der Waals surface area contributed by atoms with E-state index in [4.69, 9.17) is 4.74 Å². The number of carbonyl (C=O) groups excluding carboxylic acids is 2. The van der Waals surface area contributed by atoms with Gasteiger partial charge in [-0.05, 0) is 55.7 Å². The number of hydrogen-bond donors (Lipinski definition) is 2. The zero-order valence-corrected chi connectivity index (χ0v) is 22.6. The largest absolute Gasteiger partial charge is 0.497 e. The molecule has 0 bridgehead atoms. The molecule has 2 aromatic heterocycles. The van der Waals surface area contributed by atoms with E-state index in [-0.39, 0.29) is 30.5 Å². The summed E-state index contributed by atoms with van der Waals surface area (Å²) in [5.74, 6) is 1.07. The molecular formula is C25H27N7O3S2. The molecule has 0 aliphatic heterocycles. The van der Waals surface area contributed by atoms with Crippen LogP contribution in [-0.4, -0.2) is 49.6 Å². The Balaban J connectivity index is 1.49. The lowest BCUT2D eigenvalue weighted by atomic mass is 10.1. The fourth-order valence-electron chi connectivity index (χ4n) is 3.53. The lowest BCUT2D eigenvalue weighted by molar-refractivity contribution is -0.120. The number of methoxy groups -OCH3 is 1. The molecule has 0 spiro atoms. The normalized spacial score (nSPS) is 10.8. The maximum atomic E-state index is 12.6. The number of rotatable bonds is 10. The number of ether oxygens (including phenoxy) is 1. The van der Waals surface area contributed by atoms with Crippen molar-refractivity contribution < 1.29 is 14.3 Å². The van der Waals surface area contributed by atoms with Gasteiger partial charge in [-0.3, -0.25) is 19.5 Å². The minimum absolute atomic E-state index is 0.117. The first-order chi connectivity index (χ1) is 17.8. The first-order valence-electron chi connectivity index (χ1n) is 11.5. The lowest BCUT2D eigenvalue weighted by Gasteiger charge is -2.14. The van der Waals surface area contributed by atoms with Crippen LogP contribution in [0, 0.1) is 20.8 Å². The van der Waals surface area contributed by atoms with Crippen LogP contribution in [0.15, 0.2) is 47.6 Å². The van der Waals surface area contributed by atoms with Crippen molar-refractivity contribution in [3.8, 4) is 11.4 Å². The van der Waals surface area contributed by atoms with Crippen LogP contribution in [0.25, 0.3) is 5.69 Å². The van der Waals surface area contributed by atoms with Crippen LogP contribution < -0.4 is 15.4 Å². The van der Waals surface area contributed by atoms with Crippen LogP contribution >= 0.6 is 23.1 Å². The average molecular weight is 538 g/mol. The molecule has 12 heteroatoms. The number of carbonyl (C=O) groups is 2. The summed E-state index contributed by atoms with van der Waals surface area (Å²) in [7, 11) is 1.60. The van der Waals surface area contributed by atoms with Crippen LogP contribution in [0.1, 0.15) is 27.5 Å². The van der Waals surface area contributed by atoms with E-state index in [1.807, 2.05) is 67.8 Å². The molecule has 4 aromatic rings. The van der Waals surface area contributed by atoms with Gasteiger partial charge in [0.05, 0.1) is 31.5 Å². The topological polar surface area (TPSA) is 124 Å². The summed E-state index contributed by atoms with van der Waals surface area (Å²) in [6, 6.07) is 13.3. The quantitative estimate of drug-likeness (QED) is 0.294. The highest BCUT2D eigenvalue weighted by Crippen LogP contribution is 2.26. The summed E-state index contributed by atoms with van der Waals surface area (Å²) < 4.78 is 7.06. The third-order valence-corrected chi connectivity index (χ3v) is 7.27. The first kappa shape index (κ1) is 26.3. The summed E-state index contributed by atoms with van der Waals surface area (Å²) >= 11 is 2.57. The summed E-state index contributed by atoms with van der Waals surface area (Å²) in [6.07, 6.45) is 0.231. The minimum Gasteiger partial charge on any atom is -0.497 e. The van der Waals surface area contributed by atoms with Gasteiger partial charge < -0.3 is 10.1 Å². The van der Waals surface area contributed by atoms with Crippen molar-refractivity contribution in [2.45, 2.75) is 38.9 Å². The molecule has 0 unspecified atom stereocenters. The molecule has 0 aliphatic rings. The Morgan fingerprint density at radius 1 is 1.00 bits per heavy atom. The molecule has 0 atom stereocenters. The number of benzene rings is 2. The van der Waals surface area contributed by atoms with Crippen molar-refractivity contribution >= 4 is 40.0 Å². The van der Waals surface area contributed by atoms with Gasteiger partial charge in [-0.1, -0.05) is 47.4 Å². The molecule has 37 heavy (non-hydrogen) atoms. The Kier molecular flexibility index (Phi) is 8.51. The predicted molar refractivity (Wildman–Crippen MR) is 143 cm³/mol. The van der Waals surface area contributed by atoms with Crippen molar-refractivity contribution in [3.05, 3.63) is 70.0 Å². The molecule has 2 amide bonds. The second kappa shape index (κ2) is 12.0. The highest BCUT2D eigenvalue weighted by molar-refractivity contribution is 7.99. The van der Waals surface area contributed by atoms with Crippen LogP contribution in [-0.2, 0) is 22.6 Å². The van der Waals surface area contributed by atoms with Gasteiger partial charge in [0.1, 0.15) is 10.8 Å². The highest BCUT2D eigenvalue weighted by Gasteiger charge is 2.19. The Morgan fingerprint density at radius 3 is 2.49 bits per heavy atom. The van der Waals surface area contributed by atoms with E-state index in [0.717, 1.165) is 33.1 Å². The third kappa shape index (κ3) is 6.71. The molecule has 4 rings (SSSR count). The number of aromatic nitrogens is 5. The van der Waals surface area contributed by atoms with Gasteiger partial charge in [0.15, 0.2) is 11.0 Å². The Bertz CT molecular complexity index is 1400. The summed E-state index contributed by atoms with van der Waals surface area (Å²) in [4.78, 5) is 25.1. The van der Waals surface area contributed by atoms with Crippen molar-refractivity contribution in [3.63, 3.8) is 0 Å². The molecule has 0 saturated carbocycles. The van der Waals surface area contributed by atoms with Crippen molar-refractivity contribution in [1.82, 2.24) is 30.3 Å². The average Bonchev–Trinajstić information content (AvgIpc) is 3.49. The van der Waals surface area contributed by atoms with Gasteiger partial charge in [0.2, 0.25) is 16.9 Å². The molecule has 2 aromatic carbocycles. The standard InChI is InChI=1S/C25H27N7O3S2/c1-15-6-5-7-20(16(15)2)32-21(13-26-22(33)12-18-8-10-19(35-4)11-9-18)29-31-25(32)36-14-23(34)27-24-30-28-17(3)37-24/h5-11H,12-14H2,1-4H3,(H,26,33)(H,27,30,34). The fraction of sp³-hybridized carbons (Fsp3) is 0.280. The lowest BCUT2D eigenvalue weighted by Crippen LogP contribution is -2.26. The summed E-state index contributed by atoms with van der Waals surface area (Å²) in [5.41, 5.74) is 3.94. The van der Waals surface area contributed by atoms with Gasteiger partial charge in [-0.15, -0.1) is 20.4 Å². The second-order valence-electron chi connectivity index (χ2n) is 8.22. The fourth-order valence-corrected chi connectivity index (χ4v) is 4.90. The van der Waals surface area contributed by atoms with Gasteiger partial charge >= 0.3 is 0 Å². The van der Waals surface area contributed by atoms with Crippen LogP contribution in [0.3, 0.4) is 0 Å². The van der Waals surface area contributed by atoms with Crippen molar-refractivity contribution in [2.75, 3.05) is 18.2 Å². The van der Waals surface area contributed by atoms with Gasteiger partial charge in [-0.25, -0.2) is 0 Å². The summed E-state index contributed by atoms with van der Waals surface area (Å²) in [6.45, 7) is 6.07. The maximum Gasteiger partial charge on any atom is 0.236 e. The molecule has 0 saturated heterocycles. The van der Waals surface area contributed by atoms with E-state index >= 15 is 0 Å². The maximum absolute atomic E-state index is 12.6. The van der Waals surface area contributed by atoms with Gasteiger partial charge in [0, 0.05) is 0 Å². The molecule has 2 N–H and O–H groups in total. The van der Waals surface area contributed by atoms with Crippen LogP contribution in [0.2, 0.25) is 0 Å². The zero-order chi connectivity index (χ0) is 26.4. The van der Waals surface area contributed by atoms with Crippen LogP contribution in [0.4, 0.5) is 5.13 Å². The summed E-state index contributed by atoms with van der Waals surface area (Å²) in [5, 5.41) is 24.0. The molecule has 0 radical (unpaired) electrons. The Labute approximate surface area is 222 Å². The monoisotopic (exact) mass is 537 g/mol. The van der Waals surface area contributed by atoms with E-state index in [2.05, 4.69) is 31.0 Å². The number of anilines is 1. The Hall–Kier alpha value is -3.77. The van der Waals surface area contributed by atoms with Gasteiger partial charge in [0.25, 0.3) is 0 Å². The number of hydrogen-bond acceptors (Lipinski definition) is 9. The second-order valence-corrected chi connectivity index (χ2v) is 10.3. The van der Waals surface area contributed by atoms with E-state index in [0.29, 0.717) is 16.1 Å². The Morgan fingerprint density at radius 2 is 1.78 bits per heavy atom. The third-order valence-electron chi connectivity index (χ3n) is 5.59. The van der Waals surface area contributed by atoms with Gasteiger partial charge in [-0.2, -0.15) is 0 Å². The number of nitrogens with one attached hydrogen (secondary N) is 2.